The summed E-state index contributed by atoms with van der Waals surface area (Å²) in [4.78, 5) is 3.70. The van der Waals surface area contributed by atoms with Gasteiger partial charge in [0.05, 0.1) is 23.7 Å². The Morgan fingerprint density at radius 3 is 2.67 bits per heavy atom. The predicted octanol–water partition coefficient (Wildman–Crippen LogP) is 3.48. The van der Waals surface area contributed by atoms with Crippen LogP contribution >= 0.6 is 23.2 Å². The van der Waals surface area contributed by atoms with Crippen molar-refractivity contribution in [3.63, 3.8) is 0 Å². The fourth-order valence-corrected chi connectivity index (χ4v) is 1.68. The zero-order valence-electron chi connectivity index (χ0n) is 7.48. The van der Waals surface area contributed by atoms with Crippen molar-refractivity contribution < 1.29 is 8.78 Å². The van der Waals surface area contributed by atoms with Crippen LogP contribution in [0.2, 0.25) is 5.15 Å². The van der Waals surface area contributed by atoms with Crippen LogP contribution in [0.25, 0.3) is 0 Å². The first kappa shape index (κ1) is 12.2. The van der Waals surface area contributed by atoms with Gasteiger partial charge in [-0.2, -0.15) is 5.26 Å². The van der Waals surface area contributed by atoms with Crippen molar-refractivity contribution in [3.05, 3.63) is 28.0 Å². The summed E-state index contributed by atoms with van der Waals surface area (Å²) in [5, 5.41) is 8.15. The van der Waals surface area contributed by atoms with E-state index in [1.807, 2.05) is 6.07 Å². The van der Waals surface area contributed by atoms with E-state index in [0.29, 0.717) is 5.69 Å². The normalized spacial score (nSPS) is 10.4. The molecule has 0 N–H and O–H groups in total. The molecule has 0 fully saturated rings. The Bertz CT molecular complexity index is 402. The first-order valence-electron chi connectivity index (χ1n) is 3.99. The summed E-state index contributed by atoms with van der Waals surface area (Å²) < 4.78 is 25.1. The molecule has 6 heteroatoms. The molecule has 0 spiro atoms. The number of hydrogen-bond acceptors (Lipinski definition) is 2. The van der Waals surface area contributed by atoms with E-state index in [1.165, 1.54) is 6.07 Å². The van der Waals surface area contributed by atoms with Gasteiger partial charge >= 0.3 is 0 Å². The fraction of sp³-hybridized carbons (Fsp3) is 0.333. The van der Waals surface area contributed by atoms with Crippen LogP contribution in [0.4, 0.5) is 8.78 Å². The van der Waals surface area contributed by atoms with Crippen molar-refractivity contribution in [3.8, 4) is 6.07 Å². The van der Waals surface area contributed by atoms with Crippen LogP contribution in [0.1, 0.15) is 23.2 Å². The maximum Gasteiger partial charge on any atom is 0.267 e. The molecule has 2 nitrogen and oxygen atoms in total. The highest BCUT2D eigenvalue weighted by Gasteiger charge is 2.18. The minimum atomic E-state index is -2.71. The second-order valence-electron chi connectivity index (χ2n) is 2.75. The molecule has 0 aromatic carbocycles. The minimum Gasteiger partial charge on any atom is -0.240 e. The van der Waals surface area contributed by atoms with E-state index in [9.17, 15) is 8.78 Å². The highest BCUT2D eigenvalue weighted by atomic mass is 35.5. The standard InChI is InChI=1S/C9H6Cl2F2N2/c10-4-5-3-6(1-2-14)15-8(11)7(5)9(12)13/h3,9H,1,4H2. The van der Waals surface area contributed by atoms with Gasteiger partial charge in [-0.1, -0.05) is 11.6 Å². The van der Waals surface area contributed by atoms with Crippen LogP contribution in [0.5, 0.6) is 0 Å². The largest absolute Gasteiger partial charge is 0.267 e. The molecule has 0 radical (unpaired) electrons. The molecule has 15 heavy (non-hydrogen) atoms. The lowest BCUT2D eigenvalue weighted by molar-refractivity contribution is 0.150. The SMILES string of the molecule is N#CCc1cc(CCl)c(C(F)F)c(Cl)n1. The number of alkyl halides is 3. The molecule has 0 atom stereocenters. The third-order valence-electron chi connectivity index (χ3n) is 1.77. The van der Waals surface area contributed by atoms with E-state index in [0.717, 1.165) is 0 Å². The lowest BCUT2D eigenvalue weighted by Crippen LogP contribution is -2.00. The van der Waals surface area contributed by atoms with Crippen LogP contribution in [-0.2, 0) is 12.3 Å². The molecule has 1 heterocycles. The Kier molecular flexibility index (Phi) is 4.25. The Hall–Kier alpha value is -0.920. The summed E-state index contributed by atoms with van der Waals surface area (Å²) in [6, 6.07) is 3.24. The molecule has 0 bridgehead atoms. The number of aromatic nitrogens is 1. The highest BCUT2D eigenvalue weighted by molar-refractivity contribution is 6.30. The predicted molar refractivity (Wildman–Crippen MR) is 53.1 cm³/mol. The van der Waals surface area contributed by atoms with E-state index in [1.54, 1.807) is 0 Å². The van der Waals surface area contributed by atoms with Crippen molar-refractivity contribution >= 4 is 23.2 Å². The molecule has 1 aromatic heterocycles. The van der Waals surface area contributed by atoms with Crippen molar-refractivity contribution in [2.75, 3.05) is 0 Å². The molecule has 1 aromatic rings. The zero-order chi connectivity index (χ0) is 11.4. The molecular formula is C9H6Cl2F2N2. The summed E-state index contributed by atoms with van der Waals surface area (Å²) in [6.45, 7) is 0. The smallest absolute Gasteiger partial charge is 0.240 e. The number of nitrogens with zero attached hydrogens (tertiary/aromatic N) is 2. The van der Waals surface area contributed by atoms with Crippen LogP contribution in [0.15, 0.2) is 6.07 Å². The van der Waals surface area contributed by atoms with Gasteiger partial charge in [0.25, 0.3) is 6.43 Å². The third kappa shape index (κ3) is 2.77. The van der Waals surface area contributed by atoms with Gasteiger partial charge in [-0.25, -0.2) is 13.8 Å². The lowest BCUT2D eigenvalue weighted by Gasteiger charge is -2.09. The first-order valence-corrected chi connectivity index (χ1v) is 4.90. The quantitative estimate of drug-likeness (QED) is 0.609. The Morgan fingerprint density at radius 2 is 2.20 bits per heavy atom. The van der Waals surface area contributed by atoms with Crippen molar-refractivity contribution in [1.29, 1.82) is 5.26 Å². The molecule has 0 saturated carbocycles. The van der Waals surface area contributed by atoms with E-state index in [4.69, 9.17) is 28.5 Å². The average molecular weight is 251 g/mol. The van der Waals surface area contributed by atoms with Gasteiger partial charge in [0, 0.05) is 5.88 Å². The summed E-state index contributed by atoms with van der Waals surface area (Å²) in [5.41, 5.74) is 0.216. The average Bonchev–Trinajstić information content (AvgIpc) is 2.16. The van der Waals surface area contributed by atoms with Gasteiger partial charge in [-0.05, 0) is 11.6 Å². The van der Waals surface area contributed by atoms with E-state index in [2.05, 4.69) is 4.98 Å². The second-order valence-corrected chi connectivity index (χ2v) is 3.37. The monoisotopic (exact) mass is 250 g/mol. The minimum absolute atomic E-state index is 0.0210. The summed E-state index contributed by atoms with van der Waals surface area (Å²) >= 11 is 11.1. The van der Waals surface area contributed by atoms with Crippen LogP contribution < -0.4 is 0 Å². The maximum absolute atomic E-state index is 12.5. The molecule has 0 aliphatic heterocycles. The number of hydrogen-bond donors (Lipinski definition) is 0. The summed E-state index contributed by atoms with van der Waals surface area (Å²) in [7, 11) is 0. The molecule has 0 amide bonds. The molecule has 1 rings (SSSR count). The summed E-state index contributed by atoms with van der Waals surface area (Å²) in [6.07, 6.45) is -2.69. The molecular weight excluding hydrogens is 245 g/mol. The van der Waals surface area contributed by atoms with E-state index >= 15 is 0 Å². The van der Waals surface area contributed by atoms with Crippen molar-refractivity contribution in [1.82, 2.24) is 4.98 Å². The van der Waals surface area contributed by atoms with Gasteiger partial charge in [-0.15, -0.1) is 11.6 Å². The molecule has 80 valence electrons. The molecule has 0 aliphatic carbocycles. The van der Waals surface area contributed by atoms with E-state index in [-0.39, 0.29) is 28.6 Å². The molecule has 0 aliphatic rings. The molecule has 0 unspecified atom stereocenters. The topological polar surface area (TPSA) is 36.7 Å². The lowest BCUT2D eigenvalue weighted by atomic mass is 10.1. The van der Waals surface area contributed by atoms with Crippen LogP contribution in [-0.4, -0.2) is 4.98 Å². The van der Waals surface area contributed by atoms with Gasteiger partial charge in [0.15, 0.2) is 0 Å². The Labute approximate surface area is 95.4 Å². The number of halogens is 4. The van der Waals surface area contributed by atoms with Crippen molar-refractivity contribution in [2.24, 2.45) is 0 Å². The van der Waals surface area contributed by atoms with Crippen LogP contribution in [0.3, 0.4) is 0 Å². The number of nitriles is 1. The first-order chi connectivity index (χ1) is 7.10. The van der Waals surface area contributed by atoms with Crippen molar-refractivity contribution in [2.45, 2.75) is 18.7 Å². The van der Waals surface area contributed by atoms with Gasteiger partial charge < -0.3 is 0 Å². The third-order valence-corrected chi connectivity index (χ3v) is 2.35. The second kappa shape index (κ2) is 5.24. The van der Waals surface area contributed by atoms with Gasteiger partial charge in [-0.3, -0.25) is 0 Å². The Balaban J connectivity index is 3.25. The number of pyridine rings is 1. The number of rotatable bonds is 3. The van der Waals surface area contributed by atoms with Crippen LogP contribution in [0, 0.1) is 11.3 Å². The molecule has 0 saturated heterocycles. The highest BCUT2D eigenvalue weighted by Crippen LogP contribution is 2.30. The zero-order valence-corrected chi connectivity index (χ0v) is 8.99. The Morgan fingerprint density at radius 1 is 1.53 bits per heavy atom. The fourth-order valence-electron chi connectivity index (χ4n) is 1.14. The van der Waals surface area contributed by atoms with Gasteiger partial charge in [0.2, 0.25) is 0 Å². The van der Waals surface area contributed by atoms with Gasteiger partial charge in [0.1, 0.15) is 5.15 Å². The van der Waals surface area contributed by atoms with E-state index < -0.39 is 6.43 Å². The summed E-state index contributed by atoms with van der Waals surface area (Å²) in [5.74, 6) is -0.0830. The maximum atomic E-state index is 12.5.